The number of nitrogens with zero attached hydrogens (tertiary/aromatic N) is 2. The van der Waals surface area contributed by atoms with Gasteiger partial charge in [-0.3, -0.25) is 9.48 Å². The van der Waals surface area contributed by atoms with E-state index >= 15 is 0 Å². The molecule has 1 unspecified atom stereocenters. The molecule has 18 heavy (non-hydrogen) atoms. The molecule has 2 heterocycles. The van der Waals surface area contributed by atoms with Crippen LogP contribution in [0.15, 0.2) is 6.20 Å². The molecule has 2 rings (SSSR count). The molecule has 0 saturated carbocycles. The summed E-state index contributed by atoms with van der Waals surface area (Å²) < 4.78 is 7.06. The van der Waals surface area contributed by atoms with E-state index in [1.165, 1.54) is 0 Å². The highest BCUT2D eigenvalue weighted by Gasteiger charge is 2.30. The van der Waals surface area contributed by atoms with Crippen molar-refractivity contribution in [1.29, 1.82) is 0 Å². The maximum Gasteiger partial charge on any atom is 0.274 e. The second-order valence-corrected chi connectivity index (χ2v) is 4.96. The lowest BCUT2D eigenvalue weighted by Gasteiger charge is -2.34. The van der Waals surface area contributed by atoms with Crippen molar-refractivity contribution in [3.05, 3.63) is 11.9 Å². The lowest BCUT2D eigenvalue weighted by molar-refractivity contribution is 0.0271. The summed E-state index contributed by atoms with van der Waals surface area (Å²) in [5.41, 5.74) is 6.18. The fraction of sp³-hybridized carbons (Fsp3) is 0.667. The van der Waals surface area contributed by atoms with E-state index < -0.39 is 0 Å². The van der Waals surface area contributed by atoms with Gasteiger partial charge in [-0.05, 0) is 26.7 Å². The van der Waals surface area contributed by atoms with Gasteiger partial charge in [-0.1, -0.05) is 0 Å². The lowest BCUT2D eigenvalue weighted by Crippen LogP contribution is -2.51. The fourth-order valence-corrected chi connectivity index (χ4v) is 2.14. The Morgan fingerprint density at radius 3 is 3.06 bits per heavy atom. The minimum absolute atomic E-state index is 0.229. The SMILES string of the molecule is CCn1cc(N)c(C(=O)NC2(C)CCCOC2)n1. The Hall–Kier alpha value is -1.56. The van der Waals surface area contributed by atoms with Crippen molar-refractivity contribution in [2.24, 2.45) is 0 Å². The molecule has 6 heteroatoms. The zero-order valence-electron chi connectivity index (χ0n) is 10.9. The third-order valence-electron chi connectivity index (χ3n) is 3.18. The van der Waals surface area contributed by atoms with E-state index in [0.717, 1.165) is 19.4 Å². The van der Waals surface area contributed by atoms with Gasteiger partial charge in [-0.2, -0.15) is 5.10 Å². The van der Waals surface area contributed by atoms with Crippen molar-refractivity contribution in [2.45, 2.75) is 38.8 Å². The Kier molecular flexibility index (Phi) is 3.56. The van der Waals surface area contributed by atoms with E-state index in [9.17, 15) is 4.79 Å². The number of rotatable bonds is 3. The molecule has 1 saturated heterocycles. The topological polar surface area (TPSA) is 82.2 Å². The van der Waals surface area contributed by atoms with Crippen molar-refractivity contribution in [2.75, 3.05) is 18.9 Å². The first-order valence-electron chi connectivity index (χ1n) is 6.27. The summed E-state index contributed by atoms with van der Waals surface area (Å²) >= 11 is 0. The van der Waals surface area contributed by atoms with Gasteiger partial charge in [-0.25, -0.2) is 0 Å². The van der Waals surface area contributed by atoms with Crippen LogP contribution in [-0.2, 0) is 11.3 Å². The number of aryl methyl sites for hydroxylation is 1. The molecule has 0 radical (unpaired) electrons. The highest BCUT2D eigenvalue weighted by atomic mass is 16.5. The summed E-state index contributed by atoms with van der Waals surface area (Å²) in [6.07, 6.45) is 3.54. The number of hydrogen-bond donors (Lipinski definition) is 2. The van der Waals surface area contributed by atoms with E-state index in [-0.39, 0.29) is 11.4 Å². The van der Waals surface area contributed by atoms with Crippen LogP contribution in [0.3, 0.4) is 0 Å². The molecule has 1 aromatic heterocycles. The maximum atomic E-state index is 12.1. The molecule has 6 nitrogen and oxygen atoms in total. The average molecular weight is 252 g/mol. The zero-order valence-corrected chi connectivity index (χ0v) is 10.9. The molecule has 0 spiro atoms. The zero-order chi connectivity index (χ0) is 13.2. The van der Waals surface area contributed by atoms with Crippen LogP contribution in [0.5, 0.6) is 0 Å². The first-order chi connectivity index (χ1) is 8.54. The Morgan fingerprint density at radius 2 is 2.50 bits per heavy atom. The molecule has 100 valence electrons. The number of hydrogen-bond acceptors (Lipinski definition) is 4. The predicted octanol–water partition coefficient (Wildman–Crippen LogP) is 0.784. The van der Waals surface area contributed by atoms with Crippen LogP contribution in [-0.4, -0.2) is 34.4 Å². The highest BCUT2D eigenvalue weighted by molar-refractivity contribution is 5.97. The van der Waals surface area contributed by atoms with Gasteiger partial charge in [0, 0.05) is 19.3 Å². The monoisotopic (exact) mass is 252 g/mol. The number of ether oxygens (including phenoxy) is 1. The number of anilines is 1. The maximum absolute atomic E-state index is 12.1. The number of nitrogens with two attached hydrogens (primary N) is 1. The third-order valence-corrected chi connectivity index (χ3v) is 3.18. The molecule has 0 aromatic carbocycles. The van der Waals surface area contributed by atoms with Crippen LogP contribution >= 0.6 is 0 Å². The van der Waals surface area contributed by atoms with Crippen molar-refractivity contribution in [3.63, 3.8) is 0 Å². The minimum atomic E-state index is -0.322. The summed E-state index contributed by atoms with van der Waals surface area (Å²) in [6, 6.07) is 0. The van der Waals surface area contributed by atoms with E-state index in [1.807, 2.05) is 13.8 Å². The summed E-state index contributed by atoms with van der Waals surface area (Å²) in [5, 5.41) is 7.13. The molecule has 0 bridgehead atoms. The minimum Gasteiger partial charge on any atom is -0.396 e. The van der Waals surface area contributed by atoms with Gasteiger partial charge >= 0.3 is 0 Å². The Balaban J connectivity index is 2.08. The van der Waals surface area contributed by atoms with Crippen LogP contribution < -0.4 is 11.1 Å². The van der Waals surface area contributed by atoms with E-state index in [2.05, 4.69) is 10.4 Å². The normalized spacial score (nSPS) is 23.9. The quantitative estimate of drug-likeness (QED) is 0.833. The molecule has 1 aliphatic rings. The fourth-order valence-electron chi connectivity index (χ4n) is 2.14. The molecular weight excluding hydrogens is 232 g/mol. The van der Waals surface area contributed by atoms with Gasteiger partial charge in [-0.15, -0.1) is 0 Å². The van der Waals surface area contributed by atoms with E-state index in [4.69, 9.17) is 10.5 Å². The number of amides is 1. The molecular formula is C12H20N4O2. The first-order valence-corrected chi connectivity index (χ1v) is 6.27. The van der Waals surface area contributed by atoms with E-state index in [1.54, 1.807) is 10.9 Å². The number of nitrogen functional groups attached to an aromatic ring is 1. The van der Waals surface area contributed by atoms with Crippen LogP contribution in [0.2, 0.25) is 0 Å². The number of nitrogens with one attached hydrogen (secondary N) is 1. The first kappa shape index (κ1) is 12.9. The van der Waals surface area contributed by atoms with Gasteiger partial charge < -0.3 is 15.8 Å². The van der Waals surface area contributed by atoms with Gasteiger partial charge in [0.1, 0.15) is 0 Å². The number of carbonyl (C=O) groups is 1. The van der Waals surface area contributed by atoms with Crippen molar-refractivity contribution in [3.8, 4) is 0 Å². The van der Waals surface area contributed by atoms with Gasteiger partial charge in [0.05, 0.1) is 17.8 Å². The number of carbonyl (C=O) groups excluding carboxylic acids is 1. The van der Waals surface area contributed by atoms with Crippen LogP contribution in [0.25, 0.3) is 0 Å². The largest absolute Gasteiger partial charge is 0.396 e. The van der Waals surface area contributed by atoms with Crippen molar-refractivity contribution >= 4 is 11.6 Å². The Morgan fingerprint density at radius 1 is 1.72 bits per heavy atom. The summed E-state index contributed by atoms with van der Waals surface area (Å²) in [7, 11) is 0. The Bertz CT molecular complexity index is 435. The van der Waals surface area contributed by atoms with E-state index in [0.29, 0.717) is 24.5 Å². The molecule has 1 aliphatic heterocycles. The molecule has 3 N–H and O–H groups in total. The molecule has 0 aliphatic carbocycles. The second kappa shape index (κ2) is 4.97. The van der Waals surface area contributed by atoms with Crippen molar-refractivity contribution < 1.29 is 9.53 Å². The molecule has 1 fully saturated rings. The van der Waals surface area contributed by atoms with Gasteiger partial charge in [0.2, 0.25) is 0 Å². The second-order valence-electron chi connectivity index (χ2n) is 4.96. The van der Waals surface area contributed by atoms with Gasteiger partial charge in [0.15, 0.2) is 5.69 Å². The van der Waals surface area contributed by atoms with Crippen molar-refractivity contribution in [1.82, 2.24) is 15.1 Å². The molecule has 1 aromatic rings. The smallest absolute Gasteiger partial charge is 0.274 e. The van der Waals surface area contributed by atoms with Crippen LogP contribution in [0, 0.1) is 0 Å². The molecule has 1 atom stereocenters. The summed E-state index contributed by atoms with van der Waals surface area (Å²) in [5.74, 6) is -0.229. The van der Waals surface area contributed by atoms with Crippen LogP contribution in [0.4, 0.5) is 5.69 Å². The predicted molar refractivity (Wildman–Crippen MR) is 68.2 cm³/mol. The van der Waals surface area contributed by atoms with Crippen LogP contribution in [0.1, 0.15) is 37.2 Å². The standard InChI is InChI=1S/C12H20N4O2/c1-3-16-7-9(13)10(15-16)11(17)14-12(2)5-4-6-18-8-12/h7H,3-6,8,13H2,1-2H3,(H,14,17). The molecule has 1 amide bonds. The Labute approximate surface area is 106 Å². The number of aromatic nitrogens is 2. The summed E-state index contributed by atoms with van der Waals surface area (Å²) in [4.78, 5) is 12.1. The average Bonchev–Trinajstić information content (AvgIpc) is 2.71. The summed E-state index contributed by atoms with van der Waals surface area (Å²) in [6.45, 7) is 5.92. The highest BCUT2D eigenvalue weighted by Crippen LogP contribution is 2.19. The van der Waals surface area contributed by atoms with Gasteiger partial charge in [0.25, 0.3) is 5.91 Å². The lowest BCUT2D eigenvalue weighted by atomic mass is 9.95. The third kappa shape index (κ3) is 2.64.